The van der Waals surface area contributed by atoms with Crippen LogP contribution in [0.15, 0.2) is 4.52 Å². The molecule has 2 aliphatic rings. The van der Waals surface area contributed by atoms with E-state index in [0.29, 0.717) is 18.0 Å². The van der Waals surface area contributed by atoms with E-state index in [-0.39, 0.29) is 0 Å². The highest BCUT2D eigenvalue weighted by Crippen LogP contribution is 2.38. The molecule has 1 aliphatic carbocycles. The first-order valence-electron chi connectivity index (χ1n) is 7.16. The summed E-state index contributed by atoms with van der Waals surface area (Å²) in [5.74, 6) is 1.42. The molecule has 1 saturated carbocycles. The summed E-state index contributed by atoms with van der Waals surface area (Å²) in [7, 11) is 1.75. The zero-order valence-electron chi connectivity index (χ0n) is 11.5. The van der Waals surface area contributed by atoms with Crippen molar-refractivity contribution in [2.75, 3.05) is 38.7 Å². The number of methoxy groups -OCH3 is 1. The van der Waals surface area contributed by atoms with Crippen molar-refractivity contribution in [1.29, 1.82) is 0 Å². The Labute approximate surface area is 113 Å². The van der Waals surface area contributed by atoms with E-state index in [0.717, 1.165) is 38.5 Å². The molecule has 1 aromatic rings. The second-order valence-corrected chi connectivity index (χ2v) is 5.51. The van der Waals surface area contributed by atoms with Gasteiger partial charge in [-0.1, -0.05) is 5.16 Å². The van der Waals surface area contributed by atoms with Crippen molar-refractivity contribution in [1.82, 2.24) is 15.0 Å². The maximum absolute atomic E-state index is 5.27. The molecule has 3 rings (SSSR count). The Hall–Kier alpha value is -1.14. The number of ether oxygens (including phenoxy) is 1. The quantitative estimate of drug-likeness (QED) is 0.841. The van der Waals surface area contributed by atoms with Gasteiger partial charge in [-0.2, -0.15) is 4.98 Å². The average molecular weight is 266 g/mol. The molecular formula is C13H22N4O2. The molecule has 0 spiro atoms. The lowest BCUT2D eigenvalue weighted by molar-refractivity contribution is 0.131. The fourth-order valence-corrected chi connectivity index (χ4v) is 2.57. The summed E-state index contributed by atoms with van der Waals surface area (Å²) >= 11 is 0. The van der Waals surface area contributed by atoms with Crippen LogP contribution in [0, 0.1) is 0 Å². The number of piperidine rings is 1. The van der Waals surface area contributed by atoms with Gasteiger partial charge < -0.3 is 14.6 Å². The zero-order valence-corrected chi connectivity index (χ0v) is 11.5. The second-order valence-electron chi connectivity index (χ2n) is 5.51. The van der Waals surface area contributed by atoms with Crippen LogP contribution in [0.25, 0.3) is 0 Å². The normalized spacial score (nSPS) is 24.6. The van der Waals surface area contributed by atoms with E-state index in [1.165, 1.54) is 19.3 Å². The summed E-state index contributed by atoms with van der Waals surface area (Å²) in [6, 6.07) is 0.985. The first-order chi connectivity index (χ1) is 9.35. The Kier molecular flexibility index (Phi) is 3.98. The summed E-state index contributed by atoms with van der Waals surface area (Å²) in [5, 5.41) is 7.40. The van der Waals surface area contributed by atoms with Crippen molar-refractivity contribution in [3.63, 3.8) is 0 Å². The van der Waals surface area contributed by atoms with Crippen LogP contribution in [0.2, 0.25) is 0 Å². The van der Waals surface area contributed by atoms with Crippen LogP contribution < -0.4 is 5.32 Å². The van der Waals surface area contributed by atoms with Gasteiger partial charge in [-0.25, -0.2) is 0 Å². The number of hydrogen-bond donors (Lipinski definition) is 1. The minimum absolute atomic E-state index is 0.401. The SMILES string of the molecule is COCCN1CCC[C@@H](Nc2nc(C3CC3)no2)C1. The Balaban J connectivity index is 1.50. The smallest absolute Gasteiger partial charge is 0.321 e. The second kappa shape index (κ2) is 5.88. The van der Waals surface area contributed by atoms with Crippen molar-refractivity contribution in [2.24, 2.45) is 0 Å². The van der Waals surface area contributed by atoms with E-state index in [9.17, 15) is 0 Å². The van der Waals surface area contributed by atoms with Gasteiger partial charge in [0, 0.05) is 32.2 Å². The largest absolute Gasteiger partial charge is 0.383 e. The number of rotatable bonds is 6. The highest BCUT2D eigenvalue weighted by atomic mass is 16.5. The van der Waals surface area contributed by atoms with Gasteiger partial charge in [0.2, 0.25) is 0 Å². The summed E-state index contributed by atoms with van der Waals surface area (Å²) in [4.78, 5) is 6.84. The molecule has 6 nitrogen and oxygen atoms in total. The predicted molar refractivity (Wildman–Crippen MR) is 71.2 cm³/mol. The number of likely N-dealkylation sites (tertiary alicyclic amines) is 1. The molecule has 1 aromatic heterocycles. The number of anilines is 1. The lowest BCUT2D eigenvalue weighted by atomic mass is 10.1. The first kappa shape index (κ1) is 12.9. The molecule has 1 saturated heterocycles. The molecule has 0 amide bonds. The predicted octanol–water partition coefficient (Wildman–Crippen LogP) is 1.47. The third kappa shape index (κ3) is 3.45. The molecule has 106 valence electrons. The Morgan fingerprint density at radius 1 is 1.42 bits per heavy atom. The Bertz CT molecular complexity index is 405. The van der Waals surface area contributed by atoms with E-state index in [4.69, 9.17) is 9.26 Å². The molecule has 0 unspecified atom stereocenters. The van der Waals surface area contributed by atoms with Gasteiger partial charge in [-0.05, 0) is 32.2 Å². The molecule has 1 N–H and O–H groups in total. The molecule has 2 fully saturated rings. The summed E-state index contributed by atoms with van der Waals surface area (Å²) in [6.07, 6.45) is 4.76. The summed E-state index contributed by atoms with van der Waals surface area (Å²) < 4.78 is 10.4. The fraction of sp³-hybridized carbons (Fsp3) is 0.846. The van der Waals surface area contributed by atoms with Gasteiger partial charge in [0.25, 0.3) is 0 Å². The number of nitrogens with zero attached hydrogens (tertiary/aromatic N) is 3. The fourth-order valence-electron chi connectivity index (χ4n) is 2.57. The topological polar surface area (TPSA) is 63.4 Å². The molecule has 19 heavy (non-hydrogen) atoms. The van der Waals surface area contributed by atoms with Crippen molar-refractivity contribution < 1.29 is 9.26 Å². The van der Waals surface area contributed by atoms with Gasteiger partial charge in [0.1, 0.15) is 0 Å². The zero-order chi connectivity index (χ0) is 13.1. The van der Waals surface area contributed by atoms with Crippen molar-refractivity contribution in [3.05, 3.63) is 5.82 Å². The van der Waals surface area contributed by atoms with E-state index in [1.54, 1.807) is 7.11 Å². The molecule has 0 bridgehead atoms. The van der Waals surface area contributed by atoms with E-state index < -0.39 is 0 Å². The Morgan fingerprint density at radius 2 is 2.32 bits per heavy atom. The molecule has 1 atom stereocenters. The van der Waals surface area contributed by atoms with Gasteiger partial charge in [0.05, 0.1) is 6.61 Å². The minimum Gasteiger partial charge on any atom is -0.383 e. The lowest BCUT2D eigenvalue weighted by Gasteiger charge is -2.32. The van der Waals surface area contributed by atoms with Crippen molar-refractivity contribution in [3.8, 4) is 0 Å². The number of hydrogen-bond acceptors (Lipinski definition) is 6. The molecule has 0 aromatic carbocycles. The average Bonchev–Trinajstić information content (AvgIpc) is 3.18. The molecule has 6 heteroatoms. The van der Waals surface area contributed by atoms with Crippen LogP contribution in [0.4, 0.5) is 6.01 Å². The van der Waals surface area contributed by atoms with Gasteiger partial charge in [0.15, 0.2) is 5.82 Å². The maximum Gasteiger partial charge on any atom is 0.321 e. The van der Waals surface area contributed by atoms with E-state index >= 15 is 0 Å². The molecular weight excluding hydrogens is 244 g/mol. The van der Waals surface area contributed by atoms with E-state index in [1.807, 2.05) is 0 Å². The van der Waals surface area contributed by atoms with Crippen LogP contribution in [-0.2, 0) is 4.74 Å². The van der Waals surface area contributed by atoms with Crippen LogP contribution in [-0.4, -0.2) is 54.4 Å². The lowest BCUT2D eigenvalue weighted by Crippen LogP contribution is -2.43. The highest BCUT2D eigenvalue weighted by molar-refractivity contribution is 5.23. The van der Waals surface area contributed by atoms with Crippen molar-refractivity contribution >= 4 is 6.01 Å². The van der Waals surface area contributed by atoms with E-state index in [2.05, 4.69) is 20.4 Å². The van der Waals surface area contributed by atoms with Crippen LogP contribution in [0.5, 0.6) is 0 Å². The van der Waals surface area contributed by atoms with Crippen LogP contribution >= 0.6 is 0 Å². The highest BCUT2D eigenvalue weighted by Gasteiger charge is 2.29. The number of aromatic nitrogens is 2. The Morgan fingerprint density at radius 3 is 3.11 bits per heavy atom. The third-order valence-electron chi connectivity index (χ3n) is 3.83. The summed E-state index contributed by atoms with van der Waals surface area (Å²) in [6.45, 7) is 3.95. The summed E-state index contributed by atoms with van der Waals surface area (Å²) in [5.41, 5.74) is 0. The van der Waals surface area contributed by atoms with Crippen LogP contribution in [0.1, 0.15) is 37.4 Å². The third-order valence-corrected chi connectivity index (χ3v) is 3.83. The van der Waals surface area contributed by atoms with Gasteiger partial charge in [-0.3, -0.25) is 4.90 Å². The van der Waals surface area contributed by atoms with Gasteiger partial charge >= 0.3 is 6.01 Å². The first-order valence-corrected chi connectivity index (χ1v) is 7.16. The van der Waals surface area contributed by atoms with Crippen molar-refractivity contribution in [2.45, 2.75) is 37.6 Å². The van der Waals surface area contributed by atoms with Crippen LogP contribution in [0.3, 0.4) is 0 Å². The minimum atomic E-state index is 0.401. The monoisotopic (exact) mass is 266 g/mol. The maximum atomic E-state index is 5.27. The molecule has 0 radical (unpaired) electrons. The van der Waals surface area contributed by atoms with Gasteiger partial charge in [-0.15, -0.1) is 0 Å². The molecule has 1 aliphatic heterocycles. The standard InChI is InChI=1S/C13H22N4O2/c1-18-8-7-17-6-2-3-11(9-17)14-13-15-12(16-19-13)10-4-5-10/h10-11H,2-9H2,1H3,(H,14,15,16)/t11-/m1/s1. The number of nitrogens with one attached hydrogen (secondary N) is 1. The molecule has 2 heterocycles.